The smallest absolute Gasteiger partial charge is 0.342 e. The van der Waals surface area contributed by atoms with Crippen LogP contribution in [0.2, 0.25) is 0 Å². The summed E-state index contributed by atoms with van der Waals surface area (Å²) in [6.07, 6.45) is -0.480. The van der Waals surface area contributed by atoms with Crippen molar-refractivity contribution in [3.05, 3.63) is 30.1 Å². The number of amides is 1. The molecule has 1 fully saturated rings. The van der Waals surface area contributed by atoms with Crippen LogP contribution in [0.3, 0.4) is 0 Å². The van der Waals surface area contributed by atoms with Gasteiger partial charge in [0.15, 0.2) is 0 Å². The molecule has 3 rings (SSSR count). The van der Waals surface area contributed by atoms with Crippen molar-refractivity contribution in [2.24, 2.45) is 5.92 Å². The number of hydrogen-bond acceptors (Lipinski definition) is 4. The zero-order valence-electron chi connectivity index (χ0n) is 15.3. The van der Waals surface area contributed by atoms with Gasteiger partial charge in [-0.15, -0.1) is 0 Å². The van der Waals surface area contributed by atoms with Crippen molar-refractivity contribution in [1.82, 2.24) is 14.9 Å². The van der Waals surface area contributed by atoms with E-state index in [-0.39, 0.29) is 28.2 Å². The van der Waals surface area contributed by atoms with E-state index in [1.807, 2.05) is 0 Å². The maximum Gasteiger partial charge on any atom is 0.451 e. The number of aromatic nitrogens is 2. The maximum atomic E-state index is 13.1. The highest BCUT2D eigenvalue weighted by molar-refractivity contribution is 8.00. The molecule has 8 heteroatoms. The van der Waals surface area contributed by atoms with Gasteiger partial charge >= 0.3 is 6.18 Å². The molecule has 0 saturated heterocycles. The third-order valence-electron chi connectivity index (χ3n) is 5.08. The van der Waals surface area contributed by atoms with E-state index >= 15 is 0 Å². The molecule has 146 valence electrons. The second kappa shape index (κ2) is 8.04. The lowest BCUT2D eigenvalue weighted by molar-refractivity contribution is -0.145. The Morgan fingerprint density at radius 2 is 1.85 bits per heavy atom. The topological polar surface area (TPSA) is 46.1 Å². The van der Waals surface area contributed by atoms with Gasteiger partial charge in [-0.2, -0.15) is 13.2 Å². The first-order valence-electron chi connectivity index (χ1n) is 8.98. The number of para-hydroxylation sites is 1. The summed E-state index contributed by atoms with van der Waals surface area (Å²) in [5.41, 5.74) is 0.226. The molecule has 0 N–H and O–H groups in total. The summed E-state index contributed by atoms with van der Waals surface area (Å²) in [6.45, 7) is 2.21. The van der Waals surface area contributed by atoms with Crippen LogP contribution in [-0.2, 0) is 11.0 Å². The summed E-state index contributed by atoms with van der Waals surface area (Å²) >= 11 is 1.04. The van der Waals surface area contributed by atoms with Crippen LogP contribution in [0.4, 0.5) is 13.2 Å². The van der Waals surface area contributed by atoms with Crippen molar-refractivity contribution in [2.75, 3.05) is 12.8 Å². The molecule has 0 atom stereocenters. The molecule has 1 saturated carbocycles. The normalized spacial score (nSPS) is 20.6. The molecule has 0 radical (unpaired) electrons. The summed E-state index contributed by atoms with van der Waals surface area (Å²) in [6, 6.07) is 6.76. The van der Waals surface area contributed by atoms with E-state index in [2.05, 4.69) is 16.9 Å². The van der Waals surface area contributed by atoms with E-state index in [4.69, 9.17) is 0 Å². The minimum atomic E-state index is -4.63. The summed E-state index contributed by atoms with van der Waals surface area (Å²) in [5, 5.41) is 0.712. The van der Waals surface area contributed by atoms with E-state index in [9.17, 15) is 18.0 Å². The fourth-order valence-corrected chi connectivity index (χ4v) is 4.29. The van der Waals surface area contributed by atoms with Crippen LogP contribution in [-0.4, -0.2) is 39.6 Å². The highest BCUT2D eigenvalue weighted by Crippen LogP contribution is 2.32. The molecule has 2 aromatic rings. The van der Waals surface area contributed by atoms with Gasteiger partial charge in [0.2, 0.25) is 11.7 Å². The van der Waals surface area contributed by atoms with Crippen molar-refractivity contribution < 1.29 is 18.0 Å². The van der Waals surface area contributed by atoms with E-state index < -0.39 is 12.0 Å². The number of benzene rings is 1. The van der Waals surface area contributed by atoms with Crippen molar-refractivity contribution in [1.29, 1.82) is 0 Å². The van der Waals surface area contributed by atoms with Crippen molar-refractivity contribution in [3.8, 4) is 0 Å². The van der Waals surface area contributed by atoms with Gasteiger partial charge < -0.3 is 4.90 Å². The number of carbonyl (C=O) groups is 1. The third-order valence-corrected chi connectivity index (χ3v) is 6.06. The number of halogens is 3. The zero-order chi connectivity index (χ0) is 19.6. The number of fused-ring (bicyclic) bond motifs is 1. The predicted octanol–water partition coefficient (Wildman–Crippen LogP) is 4.78. The Labute approximate surface area is 160 Å². The maximum absolute atomic E-state index is 13.1. The summed E-state index contributed by atoms with van der Waals surface area (Å²) in [4.78, 5) is 21.6. The largest absolute Gasteiger partial charge is 0.451 e. The molecule has 4 nitrogen and oxygen atoms in total. The minimum Gasteiger partial charge on any atom is -0.342 e. The summed E-state index contributed by atoms with van der Waals surface area (Å²) in [7, 11) is 1.78. The minimum absolute atomic E-state index is 0.0564. The van der Waals surface area contributed by atoms with E-state index in [0.29, 0.717) is 11.3 Å². The van der Waals surface area contributed by atoms with Gasteiger partial charge in [-0.05, 0) is 37.7 Å². The molecule has 1 aromatic heterocycles. The average molecular weight is 397 g/mol. The lowest BCUT2D eigenvalue weighted by Gasteiger charge is -2.33. The SMILES string of the molecule is CC1CCC(N(C)C(=O)CSc2nc(C(F)(F)F)nc3ccccc23)CC1. The molecular weight excluding hydrogens is 375 g/mol. The number of rotatable bonds is 4. The van der Waals surface area contributed by atoms with Crippen molar-refractivity contribution in [3.63, 3.8) is 0 Å². The van der Waals surface area contributed by atoms with Crippen LogP contribution >= 0.6 is 11.8 Å². The quantitative estimate of drug-likeness (QED) is 0.550. The zero-order valence-corrected chi connectivity index (χ0v) is 16.1. The predicted molar refractivity (Wildman–Crippen MR) is 99.5 cm³/mol. The second-order valence-corrected chi connectivity index (χ2v) is 8.04. The Morgan fingerprint density at radius 1 is 1.19 bits per heavy atom. The Balaban J connectivity index is 1.75. The Kier molecular flexibility index (Phi) is 5.93. The van der Waals surface area contributed by atoms with Crippen LogP contribution in [0, 0.1) is 5.92 Å². The Morgan fingerprint density at radius 3 is 2.52 bits per heavy atom. The van der Waals surface area contributed by atoms with Gasteiger partial charge in [0.25, 0.3) is 0 Å². The standard InChI is InChI=1S/C19H22F3N3OS/c1-12-7-9-13(10-8-12)25(2)16(26)11-27-17-14-5-3-4-6-15(14)23-18(24-17)19(20,21)22/h3-6,12-13H,7-11H2,1-2H3. The fourth-order valence-electron chi connectivity index (χ4n) is 3.35. The van der Waals surface area contributed by atoms with Gasteiger partial charge in [0.1, 0.15) is 5.03 Å². The third kappa shape index (κ3) is 4.72. The van der Waals surface area contributed by atoms with Crippen molar-refractivity contribution >= 4 is 28.6 Å². The van der Waals surface area contributed by atoms with Crippen LogP contribution in [0.15, 0.2) is 29.3 Å². The number of thioether (sulfide) groups is 1. The first-order valence-corrected chi connectivity index (χ1v) is 9.96. The second-order valence-electron chi connectivity index (χ2n) is 7.07. The van der Waals surface area contributed by atoms with Gasteiger partial charge in [-0.3, -0.25) is 4.79 Å². The van der Waals surface area contributed by atoms with Crippen LogP contribution < -0.4 is 0 Å². The Hall–Kier alpha value is -1.83. The number of carbonyl (C=O) groups excluding carboxylic acids is 1. The van der Waals surface area contributed by atoms with E-state index in [1.54, 1.807) is 30.1 Å². The van der Waals surface area contributed by atoms with E-state index in [1.165, 1.54) is 6.07 Å². The summed E-state index contributed by atoms with van der Waals surface area (Å²) in [5.74, 6) is -0.519. The Bertz CT molecular complexity index is 819. The fraction of sp³-hybridized carbons (Fsp3) is 0.526. The highest BCUT2D eigenvalue weighted by Gasteiger charge is 2.35. The first-order chi connectivity index (χ1) is 12.8. The molecule has 27 heavy (non-hydrogen) atoms. The lowest BCUT2D eigenvalue weighted by Crippen LogP contribution is -2.40. The van der Waals surface area contributed by atoms with Crippen LogP contribution in [0.5, 0.6) is 0 Å². The van der Waals surface area contributed by atoms with Crippen LogP contribution in [0.25, 0.3) is 10.9 Å². The van der Waals surface area contributed by atoms with Gasteiger partial charge in [-0.25, -0.2) is 9.97 Å². The van der Waals surface area contributed by atoms with Crippen LogP contribution in [0.1, 0.15) is 38.4 Å². The van der Waals surface area contributed by atoms with Crippen molar-refractivity contribution in [2.45, 2.75) is 49.9 Å². The monoisotopic (exact) mass is 397 g/mol. The van der Waals surface area contributed by atoms with E-state index in [0.717, 1.165) is 37.4 Å². The number of hydrogen-bond donors (Lipinski definition) is 0. The molecule has 1 aliphatic rings. The first kappa shape index (κ1) is 19.9. The molecule has 0 unspecified atom stereocenters. The highest BCUT2D eigenvalue weighted by atomic mass is 32.2. The molecule has 1 aromatic carbocycles. The number of nitrogens with zero attached hydrogens (tertiary/aromatic N) is 3. The molecular formula is C19H22F3N3OS. The molecule has 0 aliphatic heterocycles. The van der Waals surface area contributed by atoms with Gasteiger partial charge in [0, 0.05) is 18.5 Å². The molecule has 0 bridgehead atoms. The number of alkyl halides is 3. The lowest BCUT2D eigenvalue weighted by atomic mass is 9.87. The molecule has 0 spiro atoms. The molecule has 1 heterocycles. The average Bonchev–Trinajstić information content (AvgIpc) is 2.65. The van der Waals surface area contributed by atoms with Gasteiger partial charge in [0.05, 0.1) is 11.3 Å². The molecule has 1 aliphatic carbocycles. The summed E-state index contributed by atoms with van der Waals surface area (Å²) < 4.78 is 39.3. The molecule has 1 amide bonds. The van der Waals surface area contributed by atoms with Gasteiger partial charge in [-0.1, -0.05) is 36.9 Å².